The number of hydrogen-bond donors (Lipinski definition) is 1. The van der Waals surface area contributed by atoms with E-state index in [0.29, 0.717) is 24.3 Å². The van der Waals surface area contributed by atoms with Crippen LogP contribution in [0.5, 0.6) is 0 Å². The fourth-order valence-electron chi connectivity index (χ4n) is 6.16. The number of anilines is 1. The zero-order valence-electron chi connectivity index (χ0n) is 30.2. The summed E-state index contributed by atoms with van der Waals surface area (Å²) in [5.41, 5.74) is 1.94. The van der Waals surface area contributed by atoms with E-state index in [1.807, 2.05) is 66.7 Å². The summed E-state index contributed by atoms with van der Waals surface area (Å²) < 4.78 is 11.0. The molecule has 1 aliphatic rings. The number of carboxylic acid groups (broad SMARTS) is 1. The van der Waals surface area contributed by atoms with E-state index in [0.717, 1.165) is 45.2 Å². The lowest BCUT2D eigenvalue weighted by Gasteiger charge is -2.33. The molecule has 4 amide bonds. The Bertz CT molecular complexity index is 1870. The quantitative estimate of drug-likeness (QED) is 0.205. The topological polar surface area (TPSA) is 117 Å². The summed E-state index contributed by atoms with van der Waals surface area (Å²) in [6, 6.07) is 28.4. The minimum absolute atomic E-state index is 0.0143. The van der Waals surface area contributed by atoms with E-state index < -0.39 is 29.5 Å². The van der Waals surface area contributed by atoms with Crippen molar-refractivity contribution in [3.05, 3.63) is 113 Å². The third-order valence-corrected chi connectivity index (χ3v) is 8.56. The van der Waals surface area contributed by atoms with Crippen molar-refractivity contribution in [3.8, 4) is 0 Å². The molecule has 10 nitrogen and oxygen atoms in total. The highest BCUT2D eigenvalue weighted by molar-refractivity contribution is 5.96. The lowest BCUT2D eigenvalue weighted by molar-refractivity contribution is -0.000289. The number of nitrogens with zero attached hydrogens (tertiary/aromatic N) is 3. The first-order chi connectivity index (χ1) is 24.1. The van der Waals surface area contributed by atoms with Crippen molar-refractivity contribution < 1.29 is 33.8 Å². The highest BCUT2D eigenvalue weighted by Gasteiger charge is 2.32. The smallest absolute Gasteiger partial charge is 0.420 e. The van der Waals surface area contributed by atoms with Gasteiger partial charge in [-0.1, -0.05) is 66.7 Å². The minimum Gasteiger partial charge on any atom is -0.465 e. The van der Waals surface area contributed by atoms with E-state index in [2.05, 4.69) is 0 Å². The molecule has 1 N–H and O–H groups in total. The predicted octanol–water partition coefficient (Wildman–Crippen LogP) is 9.22. The Morgan fingerprint density at radius 1 is 0.706 bits per heavy atom. The molecule has 51 heavy (non-hydrogen) atoms. The lowest BCUT2D eigenvalue weighted by atomic mass is 9.88. The second-order valence-electron chi connectivity index (χ2n) is 15.0. The average molecular weight is 694 g/mol. The standard InChI is InChI=1S/C41H47N3O7/c1-40(2,3)50-38(48)44(39(49)51-41(4,5)6)27-28-11-9-14-33(23-28)31-19-21-42(22-20-31)36(45)34-15-10-16-35(25-34)43(37(46)47)26-29-17-18-30-12-7-8-13-32(30)24-29/h7-18,23-25,31H,19-22,26-27H2,1-6H3,(H,46,47). The molecule has 0 atom stereocenters. The molecule has 1 aliphatic heterocycles. The van der Waals surface area contributed by atoms with Crippen molar-refractivity contribution in [3.63, 3.8) is 0 Å². The number of rotatable bonds is 7. The summed E-state index contributed by atoms with van der Waals surface area (Å²) in [4.78, 5) is 56.2. The van der Waals surface area contributed by atoms with Crippen LogP contribution in [0.2, 0.25) is 0 Å². The number of likely N-dealkylation sites (tertiary alicyclic amines) is 1. The Balaban J connectivity index is 1.24. The molecule has 0 aromatic heterocycles. The van der Waals surface area contributed by atoms with Gasteiger partial charge in [-0.25, -0.2) is 19.3 Å². The van der Waals surface area contributed by atoms with Crippen LogP contribution in [-0.4, -0.2) is 63.4 Å². The van der Waals surface area contributed by atoms with Crippen molar-refractivity contribution in [2.24, 2.45) is 0 Å². The third kappa shape index (κ3) is 9.87. The minimum atomic E-state index is -1.10. The zero-order valence-corrected chi connectivity index (χ0v) is 30.2. The third-order valence-electron chi connectivity index (χ3n) is 8.56. The molecule has 1 fully saturated rings. The van der Waals surface area contributed by atoms with Crippen molar-refractivity contribution in [2.45, 2.75) is 84.6 Å². The Morgan fingerprint density at radius 3 is 1.94 bits per heavy atom. The van der Waals surface area contributed by atoms with Gasteiger partial charge in [-0.15, -0.1) is 0 Å². The van der Waals surface area contributed by atoms with Gasteiger partial charge in [0.25, 0.3) is 5.91 Å². The second kappa shape index (κ2) is 15.2. The van der Waals surface area contributed by atoms with Gasteiger partial charge in [-0.05, 0) is 112 Å². The second-order valence-corrected chi connectivity index (χ2v) is 15.0. The maximum Gasteiger partial charge on any atom is 0.420 e. The first-order valence-corrected chi connectivity index (χ1v) is 17.3. The molecule has 0 unspecified atom stereocenters. The molecule has 0 spiro atoms. The first kappa shape index (κ1) is 36.9. The van der Waals surface area contributed by atoms with Gasteiger partial charge < -0.3 is 19.5 Å². The molecular formula is C41H47N3O7. The number of benzene rings is 4. The Labute approximate surface area is 299 Å². The van der Waals surface area contributed by atoms with E-state index >= 15 is 0 Å². The Hall–Kier alpha value is -5.38. The van der Waals surface area contributed by atoms with Crippen molar-refractivity contribution >= 4 is 40.6 Å². The Kier molecular flexibility index (Phi) is 11.0. The maximum absolute atomic E-state index is 13.7. The lowest BCUT2D eigenvalue weighted by Crippen LogP contribution is -2.43. The number of carbonyl (C=O) groups is 4. The van der Waals surface area contributed by atoms with Gasteiger partial charge in [0.2, 0.25) is 0 Å². The summed E-state index contributed by atoms with van der Waals surface area (Å²) >= 11 is 0. The van der Waals surface area contributed by atoms with Crippen LogP contribution in [0.4, 0.5) is 20.1 Å². The number of ether oxygens (including phenoxy) is 2. The predicted molar refractivity (Wildman–Crippen MR) is 197 cm³/mol. The van der Waals surface area contributed by atoms with Crippen LogP contribution in [0.3, 0.4) is 0 Å². The number of carbonyl (C=O) groups excluding carboxylic acids is 3. The summed E-state index contributed by atoms with van der Waals surface area (Å²) in [6.45, 7) is 11.6. The molecule has 1 saturated heterocycles. The summed E-state index contributed by atoms with van der Waals surface area (Å²) in [5.74, 6) is 0.0201. The van der Waals surface area contributed by atoms with Gasteiger partial charge in [-0.2, -0.15) is 0 Å². The van der Waals surface area contributed by atoms with Gasteiger partial charge in [0, 0.05) is 24.3 Å². The average Bonchev–Trinajstić information content (AvgIpc) is 3.07. The van der Waals surface area contributed by atoms with Crippen LogP contribution in [0, 0.1) is 0 Å². The normalized spacial score (nSPS) is 13.8. The van der Waals surface area contributed by atoms with Crippen LogP contribution < -0.4 is 4.90 Å². The van der Waals surface area contributed by atoms with Gasteiger partial charge in [0.15, 0.2) is 0 Å². The molecule has 5 rings (SSSR count). The molecule has 10 heteroatoms. The highest BCUT2D eigenvalue weighted by atomic mass is 16.6. The van der Waals surface area contributed by atoms with Gasteiger partial charge in [-0.3, -0.25) is 9.69 Å². The SMILES string of the molecule is CC(C)(C)OC(=O)N(Cc1cccc(C2CCN(C(=O)c3cccc(N(Cc4ccc5ccccc5c4)C(=O)O)c3)CC2)c1)C(=O)OC(C)(C)C. The summed E-state index contributed by atoms with van der Waals surface area (Å²) in [7, 11) is 0. The van der Waals surface area contributed by atoms with Gasteiger partial charge in [0.05, 0.1) is 13.1 Å². The van der Waals surface area contributed by atoms with E-state index in [1.165, 1.54) is 4.90 Å². The van der Waals surface area contributed by atoms with Gasteiger partial charge in [0.1, 0.15) is 11.2 Å². The number of hydrogen-bond acceptors (Lipinski definition) is 6. The highest BCUT2D eigenvalue weighted by Crippen LogP contribution is 2.31. The van der Waals surface area contributed by atoms with Crippen LogP contribution in [0.1, 0.15) is 87.4 Å². The van der Waals surface area contributed by atoms with E-state index in [-0.39, 0.29) is 24.9 Å². The Morgan fingerprint density at radius 2 is 1.31 bits per heavy atom. The first-order valence-electron chi connectivity index (χ1n) is 17.3. The molecule has 0 saturated carbocycles. The summed E-state index contributed by atoms with van der Waals surface area (Å²) in [6.07, 6.45) is -1.22. The fraction of sp³-hybridized carbons (Fsp3) is 0.366. The molecular weight excluding hydrogens is 646 g/mol. The largest absolute Gasteiger partial charge is 0.465 e. The molecule has 4 aromatic rings. The molecule has 0 aliphatic carbocycles. The van der Waals surface area contributed by atoms with Crippen LogP contribution in [0.25, 0.3) is 10.8 Å². The van der Waals surface area contributed by atoms with Crippen LogP contribution in [-0.2, 0) is 22.6 Å². The van der Waals surface area contributed by atoms with Crippen molar-refractivity contribution in [2.75, 3.05) is 18.0 Å². The number of piperidine rings is 1. The van der Waals surface area contributed by atoms with Crippen molar-refractivity contribution in [1.82, 2.24) is 9.80 Å². The maximum atomic E-state index is 13.7. The fourth-order valence-corrected chi connectivity index (χ4v) is 6.16. The van der Waals surface area contributed by atoms with E-state index in [9.17, 15) is 24.3 Å². The molecule has 0 bridgehead atoms. The molecule has 268 valence electrons. The van der Waals surface area contributed by atoms with Crippen LogP contribution in [0.15, 0.2) is 91.0 Å². The van der Waals surface area contributed by atoms with E-state index in [4.69, 9.17) is 9.47 Å². The van der Waals surface area contributed by atoms with Gasteiger partial charge >= 0.3 is 18.3 Å². The molecule has 4 aromatic carbocycles. The number of imide groups is 1. The number of fused-ring (bicyclic) bond motifs is 1. The monoisotopic (exact) mass is 693 g/mol. The molecule has 0 radical (unpaired) electrons. The zero-order chi connectivity index (χ0) is 36.9. The van der Waals surface area contributed by atoms with Crippen molar-refractivity contribution in [1.29, 1.82) is 0 Å². The number of amides is 4. The van der Waals surface area contributed by atoms with Crippen LogP contribution >= 0.6 is 0 Å². The van der Waals surface area contributed by atoms with E-state index in [1.54, 1.807) is 70.7 Å². The molecule has 1 heterocycles. The summed E-state index contributed by atoms with van der Waals surface area (Å²) in [5, 5.41) is 12.2.